The molecule has 0 aliphatic rings. The van der Waals surface area contributed by atoms with Crippen molar-refractivity contribution in [1.29, 1.82) is 0 Å². The maximum Gasteiger partial charge on any atom is 0.243 e. The number of hydrogen-bond acceptors (Lipinski definition) is 5. The van der Waals surface area contributed by atoms with Crippen LogP contribution in [-0.2, 0) is 23.1 Å². The molecule has 198 valence electrons. The molecule has 1 aromatic heterocycles. The average molecular weight is 575 g/mol. The number of sulfonamides is 1. The third-order valence-electron chi connectivity index (χ3n) is 6.15. The Labute approximate surface area is 238 Å². The lowest BCUT2D eigenvalue weighted by molar-refractivity contribution is 0.401. The number of nitrogens with zero attached hydrogens (tertiary/aromatic N) is 4. The highest BCUT2D eigenvalue weighted by molar-refractivity contribution is 7.99. The van der Waals surface area contributed by atoms with E-state index in [1.54, 1.807) is 36.0 Å². The van der Waals surface area contributed by atoms with Gasteiger partial charge in [0.2, 0.25) is 10.0 Å². The monoisotopic (exact) mass is 574 g/mol. The van der Waals surface area contributed by atoms with Gasteiger partial charge in [0, 0.05) is 29.4 Å². The second kappa shape index (κ2) is 12.2. The molecule has 5 rings (SSSR count). The zero-order valence-electron chi connectivity index (χ0n) is 21.3. The summed E-state index contributed by atoms with van der Waals surface area (Å²) in [5.74, 6) is 1.46. The lowest BCUT2D eigenvalue weighted by atomic mass is 10.2. The Morgan fingerprint density at radius 2 is 1.33 bits per heavy atom. The van der Waals surface area contributed by atoms with Crippen molar-refractivity contribution in [3.63, 3.8) is 0 Å². The Morgan fingerprint density at radius 3 is 1.87 bits per heavy atom. The highest BCUT2D eigenvalue weighted by Gasteiger charge is 2.26. The van der Waals surface area contributed by atoms with E-state index in [1.807, 2.05) is 89.5 Å². The molecule has 1 heterocycles. The number of halogens is 1. The van der Waals surface area contributed by atoms with Crippen LogP contribution in [0.3, 0.4) is 0 Å². The standard InChI is InChI=1S/C30H27ClN4O2S2/c1-2-38-30-33-32-29(35(30)27-17-15-26(31)16-18-27)25-13-19-28(20-14-25)39(36,37)34(21-23-9-5-3-6-10-23)22-24-11-7-4-8-12-24/h3-20H,2,21-22H2,1H3. The molecule has 4 aromatic carbocycles. The predicted molar refractivity (Wildman–Crippen MR) is 158 cm³/mol. The minimum atomic E-state index is -3.80. The van der Waals surface area contributed by atoms with E-state index >= 15 is 0 Å². The third-order valence-corrected chi connectivity index (χ3v) is 9.01. The summed E-state index contributed by atoms with van der Waals surface area (Å²) in [7, 11) is -3.80. The summed E-state index contributed by atoms with van der Waals surface area (Å²) < 4.78 is 31.2. The highest BCUT2D eigenvalue weighted by Crippen LogP contribution is 2.30. The Balaban J connectivity index is 1.49. The maximum atomic E-state index is 13.9. The molecular weight excluding hydrogens is 548 g/mol. The van der Waals surface area contributed by atoms with Gasteiger partial charge in [-0.05, 0) is 65.4 Å². The number of aromatic nitrogens is 3. The molecule has 0 N–H and O–H groups in total. The number of hydrogen-bond donors (Lipinski definition) is 0. The number of rotatable bonds is 10. The van der Waals surface area contributed by atoms with Gasteiger partial charge in [0.15, 0.2) is 11.0 Å². The molecule has 0 aliphatic heterocycles. The van der Waals surface area contributed by atoms with Crippen molar-refractivity contribution in [3.05, 3.63) is 125 Å². The number of benzene rings is 4. The minimum absolute atomic E-state index is 0.221. The summed E-state index contributed by atoms with van der Waals surface area (Å²) in [6.07, 6.45) is 0. The minimum Gasteiger partial charge on any atom is -0.270 e. The van der Waals surface area contributed by atoms with Crippen molar-refractivity contribution in [1.82, 2.24) is 19.1 Å². The molecule has 9 heteroatoms. The summed E-state index contributed by atoms with van der Waals surface area (Å²) in [6, 6.07) is 33.6. The second-order valence-electron chi connectivity index (χ2n) is 8.82. The van der Waals surface area contributed by atoms with Crippen LogP contribution in [0.25, 0.3) is 17.1 Å². The van der Waals surface area contributed by atoms with Crippen LogP contribution in [0.5, 0.6) is 0 Å². The molecule has 39 heavy (non-hydrogen) atoms. The van der Waals surface area contributed by atoms with E-state index in [9.17, 15) is 8.42 Å². The topological polar surface area (TPSA) is 68.1 Å². The second-order valence-corrected chi connectivity index (χ2v) is 12.4. The van der Waals surface area contributed by atoms with Crippen LogP contribution in [0.4, 0.5) is 0 Å². The summed E-state index contributed by atoms with van der Waals surface area (Å²) in [5.41, 5.74) is 3.48. The Bertz CT molecular complexity index is 1580. The zero-order chi connectivity index (χ0) is 27.2. The van der Waals surface area contributed by atoms with E-state index in [4.69, 9.17) is 11.6 Å². The summed E-state index contributed by atoms with van der Waals surface area (Å²) >= 11 is 7.70. The highest BCUT2D eigenvalue weighted by atomic mass is 35.5. The maximum absolute atomic E-state index is 13.9. The summed E-state index contributed by atoms with van der Waals surface area (Å²) in [6.45, 7) is 2.59. The van der Waals surface area contributed by atoms with Crippen molar-refractivity contribution in [2.24, 2.45) is 0 Å². The first kappa shape index (κ1) is 27.1. The van der Waals surface area contributed by atoms with Gasteiger partial charge in [-0.2, -0.15) is 4.31 Å². The van der Waals surface area contributed by atoms with Gasteiger partial charge in [-0.25, -0.2) is 8.42 Å². The fourth-order valence-electron chi connectivity index (χ4n) is 4.23. The number of thioether (sulfide) groups is 1. The normalized spacial score (nSPS) is 11.7. The molecule has 0 bridgehead atoms. The zero-order valence-corrected chi connectivity index (χ0v) is 23.7. The predicted octanol–water partition coefficient (Wildman–Crippen LogP) is 7.09. The lowest BCUT2D eigenvalue weighted by Gasteiger charge is -2.23. The quantitative estimate of drug-likeness (QED) is 0.167. The molecule has 0 spiro atoms. The van der Waals surface area contributed by atoms with Crippen molar-refractivity contribution in [3.8, 4) is 17.1 Å². The molecule has 0 radical (unpaired) electrons. The molecule has 0 aliphatic carbocycles. The molecule has 0 saturated carbocycles. The van der Waals surface area contributed by atoms with Crippen LogP contribution in [-0.4, -0.2) is 33.2 Å². The summed E-state index contributed by atoms with van der Waals surface area (Å²) in [4.78, 5) is 0.221. The van der Waals surface area contributed by atoms with Gasteiger partial charge in [0.1, 0.15) is 0 Å². The Morgan fingerprint density at radius 1 is 0.769 bits per heavy atom. The van der Waals surface area contributed by atoms with Crippen LogP contribution in [0.2, 0.25) is 5.02 Å². The fourth-order valence-corrected chi connectivity index (χ4v) is 6.45. The first-order valence-corrected chi connectivity index (χ1v) is 15.3. The van der Waals surface area contributed by atoms with Gasteiger partial charge in [0.25, 0.3) is 0 Å². The fraction of sp³-hybridized carbons (Fsp3) is 0.133. The molecule has 0 amide bonds. The lowest BCUT2D eigenvalue weighted by Crippen LogP contribution is -2.30. The van der Waals surface area contributed by atoms with E-state index in [1.165, 1.54) is 4.31 Å². The van der Waals surface area contributed by atoms with Crippen LogP contribution in [0.1, 0.15) is 18.1 Å². The van der Waals surface area contributed by atoms with Gasteiger partial charge in [-0.1, -0.05) is 91.0 Å². The third kappa shape index (κ3) is 6.25. The van der Waals surface area contributed by atoms with Crippen LogP contribution in [0, 0.1) is 0 Å². The average Bonchev–Trinajstić information content (AvgIpc) is 3.38. The van der Waals surface area contributed by atoms with Gasteiger partial charge < -0.3 is 0 Å². The van der Waals surface area contributed by atoms with Crippen LogP contribution in [0.15, 0.2) is 119 Å². The van der Waals surface area contributed by atoms with Crippen molar-refractivity contribution < 1.29 is 8.42 Å². The van der Waals surface area contributed by atoms with Gasteiger partial charge in [-0.15, -0.1) is 10.2 Å². The molecule has 6 nitrogen and oxygen atoms in total. The first-order chi connectivity index (χ1) is 19.0. The van der Waals surface area contributed by atoms with Crippen molar-refractivity contribution in [2.45, 2.75) is 30.1 Å². The van der Waals surface area contributed by atoms with Gasteiger partial charge >= 0.3 is 0 Å². The van der Waals surface area contributed by atoms with Crippen molar-refractivity contribution in [2.75, 3.05) is 5.75 Å². The molecule has 0 fully saturated rings. The SMILES string of the molecule is CCSc1nnc(-c2ccc(S(=O)(=O)N(Cc3ccccc3)Cc3ccccc3)cc2)n1-c1ccc(Cl)cc1. The molecule has 0 unspecified atom stereocenters. The molecular formula is C30H27ClN4O2S2. The molecule has 5 aromatic rings. The van der Waals surface area contributed by atoms with Crippen LogP contribution < -0.4 is 0 Å². The summed E-state index contributed by atoms with van der Waals surface area (Å²) in [5, 5.41) is 10.2. The van der Waals surface area contributed by atoms with Crippen molar-refractivity contribution >= 4 is 33.4 Å². The van der Waals surface area contributed by atoms with E-state index < -0.39 is 10.0 Å². The van der Waals surface area contributed by atoms with E-state index in [0.29, 0.717) is 10.8 Å². The van der Waals surface area contributed by atoms with E-state index in [0.717, 1.165) is 33.3 Å². The largest absolute Gasteiger partial charge is 0.270 e. The smallest absolute Gasteiger partial charge is 0.243 e. The van der Waals surface area contributed by atoms with Crippen LogP contribution >= 0.6 is 23.4 Å². The molecule has 0 atom stereocenters. The van der Waals surface area contributed by atoms with E-state index in [2.05, 4.69) is 17.1 Å². The first-order valence-electron chi connectivity index (χ1n) is 12.5. The van der Waals surface area contributed by atoms with E-state index in [-0.39, 0.29) is 18.0 Å². The van der Waals surface area contributed by atoms with Gasteiger partial charge in [-0.3, -0.25) is 4.57 Å². The molecule has 0 saturated heterocycles. The Kier molecular flexibility index (Phi) is 8.47. The van der Waals surface area contributed by atoms with Gasteiger partial charge in [0.05, 0.1) is 4.90 Å². The Hall–Kier alpha value is -3.43.